The van der Waals surface area contributed by atoms with Gasteiger partial charge in [-0.1, -0.05) is 6.39 Å². The Bertz CT molecular complexity index is 332. The van der Waals surface area contributed by atoms with Gasteiger partial charge in [0.2, 0.25) is 0 Å². The second-order valence-electron chi connectivity index (χ2n) is 6.36. The van der Waals surface area contributed by atoms with Gasteiger partial charge in [0.1, 0.15) is 8.04 Å². The number of rotatable bonds is 11. The summed E-state index contributed by atoms with van der Waals surface area (Å²) < 4.78 is 9.25. The molecule has 0 bridgehead atoms. The molecule has 1 nitrogen and oxygen atoms in total. The predicted octanol–water partition coefficient (Wildman–Crippen LogP) is -8.37. The summed E-state index contributed by atoms with van der Waals surface area (Å²) >= 11 is 1.71. The Balaban J connectivity index is 6.53. The normalized spacial score (nSPS) is 10.3. The second-order valence-corrected chi connectivity index (χ2v) is 6.92. The molecular formula is HB23IN-2. The maximum Gasteiger partial charge on any atom is 0.129 e. The minimum atomic E-state index is -0.998. The van der Waals surface area contributed by atoms with Gasteiger partial charge in [0.15, 0.2) is 0 Å². The highest BCUT2D eigenvalue weighted by Crippen LogP contribution is 2.10. The SMILES string of the molecule is [3H]N(I)B(B(B([B])[B])B([B])[B])B(B(B([B])[B])B([B])[B])B(B([B])[B])B([B-])[B-]. The molecule has 25 heavy (non-hydrogen) atoms. The maximum atomic E-state index is 8.20. The van der Waals surface area contributed by atoms with Crippen LogP contribution in [0.25, 0.3) is 0 Å². The Kier molecular flexibility index (Phi) is 12.8. The summed E-state index contributed by atoms with van der Waals surface area (Å²) in [6.45, 7) is -0.848. The molecule has 0 saturated carbocycles. The van der Waals surface area contributed by atoms with E-state index >= 15 is 0 Å². The van der Waals surface area contributed by atoms with Gasteiger partial charge in [0, 0.05) is 129 Å². The van der Waals surface area contributed by atoms with Gasteiger partial charge in [-0.25, -0.2) is 0 Å². The number of nitrogens with one attached hydrogen (secondary N) is 1. The van der Waals surface area contributed by atoms with Crippen molar-refractivity contribution >= 4 is 186 Å². The van der Waals surface area contributed by atoms with E-state index in [1.165, 1.54) is 0 Å². The lowest BCUT2D eigenvalue weighted by Gasteiger charge is -2.54. The zero-order chi connectivity index (χ0) is 20.9. The lowest BCUT2D eigenvalue weighted by molar-refractivity contribution is 1.79. The van der Waals surface area contributed by atoms with E-state index < -0.39 is 70.5 Å². The largest absolute Gasteiger partial charge is 0.729 e. The Morgan fingerprint density at radius 3 is 1.12 bits per heavy atom. The fourth-order valence-corrected chi connectivity index (χ4v) is 4.09. The molecule has 0 saturated heterocycles. The van der Waals surface area contributed by atoms with Crippen molar-refractivity contribution in [1.29, 1.82) is 0 Å². The zero-order valence-electron chi connectivity index (χ0n) is 15.1. The molecular weight excluding hydrogens is 390 g/mol. The summed E-state index contributed by atoms with van der Waals surface area (Å²) in [5.74, 6) is 0. The molecule has 0 aromatic rings. The summed E-state index contributed by atoms with van der Waals surface area (Å²) in [6, 6.07) is 0. The third-order valence-corrected chi connectivity index (χ3v) is 5.10. The molecule has 84 valence electrons. The average Bonchev–Trinajstić information content (AvgIpc) is 2.40. The first-order valence-electron chi connectivity index (χ1n) is 8.21. The van der Waals surface area contributed by atoms with Crippen LogP contribution < -0.4 is 3.43 Å². The molecule has 0 rings (SSSR count). The van der Waals surface area contributed by atoms with E-state index in [2.05, 4.69) is 0 Å². The van der Waals surface area contributed by atoms with Crippen molar-refractivity contribution in [3.05, 3.63) is 0 Å². The van der Waals surface area contributed by atoms with Crippen LogP contribution in [0.3, 0.4) is 0 Å². The minimum Gasteiger partial charge on any atom is -0.729 e. The Morgan fingerprint density at radius 2 is 0.920 bits per heavy atom. The van der Waals surface area contributed by atoms with Crippen LogP contribution in [-0.2, 0) is 0 Å². The standard InChI is InChI=1S/B23HIN/c1-13(2)19(14(3)4)22(20(15(5)6)16(7)8)23(25-24)21(17(9)10)18(11)12/h25H/q-2/i/hT. The molecule has 1 N–H and O–H groups in total. The molecule has 0 heterocycles. The highest BCUT2D eigenvalue weighted by molar-refractivity contribution is 14.1. The van der Waals surface area contributed by atoms with E-state index in [1.54, 1.807) is 22.9 Å². The van der Waals surface area contributed by atoms with Crippen molar-refractivity contribution in [3.8, 4) is 0 Å². The van der Waals surface area contributed by atoms with Gasteiger partial charge in [-0.15, -0.1) is 0 Å². The van der Waals surface area contributed by atoms with Crippen molar-refractivity contribution in [2.45, 2.75) is 0 Å². The fraction of sp³-hybridized carbons (Fsp3) is 0. The summed E-state index contributed by atoms with van der Waals surface area (Å²) in [6.07, 6.45) is -9.13. The van der Waals surface area contributed by atoms with Gasteiger partial charge in [-0.3, -0.25) is 0 Å². The van der Waals surface area contributed by atoms with E-state index in [4.69, 9.17) is 94.3 Å². The van der Waals surface area contributed by atoms with E-state index in [9.17, 15) is 0 Å². The van der Waals surface area contributed by atoms with Crippen LogP contribution in [-0.4, -0.2) is 163 Å². The molecule has 25 heteroatoms. The van der Waals surface area contributed by atoms with Crippen LogP contribution in [0.2, 0.25) is 1.41 Å². The summed E-state index contributed by atoms with van der Waals surface area (Å²) in [4.78, 5) is 0. The molecule has 0 aromatic carbocycles. The van der Waals surface area contributed by atoms with Gasteiger partial charge in [-0.05, 0) is 21.9 Å². The summed E-state index contributed by atoms with van der Waals surface area (Å²) in [5.41, 5.74) is 0. The Hall–Kier alpha value is 2.18. The van der Waals surface area contributed by atoms with Crippen LogP contribution in [0, 0.1) is 0 Å². The summed E-state index contributed by atoms with van der Waals surface area (Å²) in [5, 5.41) is 0. The van der Waals surface area contributed by atoms with Crippen LogP contribution in [0.1, 0.15) is 0 Å². The Morgan fingerprint density at radius 1 is 0.600 bits per heavy atom. The molecule has 0 amide bonds. The van der Waals surface area contributed by atoms with E-state index in [0.29, 0.717) is 0 Å². The lowest BCUT2D eigenvalue weighted by Crippen LogP contribution is -2.85. The third kappa shape index (κ3) is 7.84. The smallest absolute Gasteiger partial charge is 0.129 e. The first-order valence-corrected chi connectivity index (χ1v) is 8.73. The van der Waals surface area contributed by atoms with Crippen molar-refractivity contribution in [1.82, 2.24) is 3.43 Å². The topological polar surface area (TPSA) is 12.0 Å². The molecule has 0 atom stereocenters. The van der Waals surface area contributed by atoms with Crippen LogP contribution in [0.4, 0.5) is 0 Å². The monoisotopic (exact) mass is 397 g/mol. The second kappa shape index (κ2) is 12.7. The molecule has 0 fully saturated rings. The van der Waals surface area contributed by atoms with Crippen LogP contribution in [0.5, 0.6) is 0 Å². The van der Waals surface area contributed by atoms with Crippen molar-refractivity contribution < 1.29 is 1.41 Å². The number of hydrogen-bond donors (Lipinski definition) is 1. The molecule has 0 aliphatic carbocycles. The van der Waals surface area contributed by atoms with E-state index in [0.717, 1.165) is 3.43 Å². The molecule has 26 radical (unpaired) electrons. The highest BCUT2D eigenvalue weighted by Gasteiger charge is 2.47. The van der Waals surface area contributed by atoms with Crippen LogP contribution in [0.15, 0.2) is 0 Å². The molecule has 0 unspecified atom stereocenters. The van der Waals surface area contributed by atoms with Gasteiger partial charge >= 0.3 is 0 Å². The predicted molar refractivity (Wildman–Crippen MR) is 149 cm³/mol. The number of hydrogen-bond acceptors (Lipinski definition) is 1. The van der Waals surface area contributed by atoms with Gasteiger partial charge in [0.25, 0.3) is 0 Å². The van der Waals surface area contributed by atoms with Crippen molar-refractivity contribution in [3.63, 3.8) is 0 Å². The fourth-order valence-electron chi connectivity index (χ4n) is 3.35. The average molecular weight is 393 g/mol. The number of halogens is 1. The molecule has 0 aliphatic heterocycles. The van der Waals surface area contributed by atoms with Crippen molar-refractivity contribution in [2.75, 3.05) is 0 Å². The molecule has 0 aromatic heterocycles. The van der Waals surface area contributed by atoms with E-state index in [-0.39, 0.29) is 0 Å². The van der Waals surface area contributed by atoms with Gasteiger partial charge in [-0.2, -0.15) is 0 Å². The van der Waals surface area contributed by atoms with Gasteiger partial charge in [0.05, 0.1) is 0 Å². The van der Waals surface area contributed by atoms with Crippen LogP contribution >= 0.6 is 22.9 Å². The molecule has 0 spiro atoms. The summed E-state index contributed by atoms with van der Waals surface area (Å²) in [7, 11) is 70.8. The quantitative estimate of drug-likeness (QED) is 0.209. The highest BCUT2D eigenvalue weighted by atomic mass is 127. The maximum absolute atomic E-state index is 8.20. The van der Waals surface area contributed by atoms with E-state index in [1.807, 2.05) is 0 Å². The minimum absolute atomic E-state index is 0.779. The lowest BCUT2D eigenvalue weighted by atomic mass is 8.39. The van der Waals surface area contributed by atoms with Gasteiger partial charge < -0.3 is 25.3 Å². The molecule has 0 aliphatic rings. The first kappa shape index (κ1) is 25.2. The third-order valence-electron chi connectivity index (χ3n) is 4.46. The zero-order valence-corrected chi connectivity index (χ0v) is 16.3. The Labute approximate surface area is 190 Å². The van der Waals surface area contributed by atoms with Crippen molar-refractivity contribution in [2.24, 2.45) is 0 Å². The first-order chi connectivity index (χ1) is 11.7.